The molecule has 12 aromatic rings. The lowest BCUT2D eigenvalue weighted by Gasteiger charge is -2.31. The number of fused-ring (bicyclic) bond motifs is 13. The van der Waals surface area contributed by atoms with Crippen LogP contribution in [0.15, 0.2) is 182 Å². The summed E-state index contributed by atoms with van der Waals surface area (Å²) in [4.78, 5) is 10.5. The topological polar surface area (TPSA) is 59.0 Å². The van der Waals surface area contributed by atoms with Crippen LogP contribution in [0.2, 0.25) is 0 Å². The van der Waals surface area contributed by atoms with Crippen molar-refractivity contribution in [3.8, 4) is 40.6 Å². The summed E-state index contributed by atoms with van der Waals surface area (Å²) < 4.78 is 20.2. The molecule has 0 N–H and O–H groups in total. The molecule has 4 aromatic heterocycles. The highest BCUT2D eigenvalue weighted by Crippen LogP contribution is 2.40. The molecule has 0 fully saturated rings. The Labute approximate surface area is 343 Å². The van der Waals surface area contributed by atoms with Crippen molar-refractivity contribution in [1.82, 2.24) is 23.7 Å². The fraction of sp³-hybridized carbons (Fsp3) is 0. The van der Waals surface area contributed by atoms with Gasteiger partial charge in [-0.2, -0.15) is 9.97 Å². The van der Waals surface area contributed by atoms with Crippen LogP contribution in [0.25, 0.3) is 82.7 Å². The van der Waals surface area contributed by atoms with E-state index in [9.17, 15) is 0 Å². The van der Waals surface area contributed by atoms with E-state index in [0.717, 1.165) is 83.1 Å². The molecule has 0 saturated carbocycles. The minimum atomic E-state index is -0.111. The van der Waals surface area contributed by atoms with Crippen LogP contribution in [0.1, 0.15) is 0 Å². The highest BCUT2D eigenvalue weighted by Gasteiger charge is 2.42. The number of nitrogens with zero attached hydrogens (tertiary/aromatic N) is 5. The first kappa shape index (κ1) is 31.9. The molecule has 2 aliphatic rings. The second-order valence-electron chi connectivity index (χ2n) is 15.7. The number of benzene rings is 8. The molecule has 6 heterocycles. The van der Waals surface area contributed by atoms with E-state index in [1.807, 2.05) is 24.3 Å². The summed E-state index contributed by atoms with van der Waals surface area (Å²) in [6, 6.07) is 64.5. The Kier molecular flexibility index (Phi) is 6.25. The van der Waals surface area contributed by atoms with Crippen molar-refractivity contribution in [3.63, 3.8) is 0 Å². The Morgan fingerprint density at radius 3 is 1.15 bits per heavy atom. The maximum absolute atomic E-state index is 6.65. The molecular formula is C52H30BN5O2. The molecule has 8 heteroatoms. The summed E-state index contributed by atoms with van der Waals surface area (Å²) >= 11 is 0. The average Bonchev–Trinajstić information content (AvgIpc) is 3.94. The maximum Gasteiger partial charge on any atom is 0.265 e. The van der Waals surface area contributed by atoms with Gasteiger partial charge in [-0.3, -0.25) is 4.57 Å². The molecule has 0 radical (unpaired) electrons. The normalized spacial score (nSPS) is 12.9. The van der Waals surface area contributed by atoms with E-state index in [2.05, 4.69) is 171 Å². The Morgan fingerprint density at radius 2 is 0.717 bits per heavy atom. The van der Waals surface area contributed by atoms with Crippen molar-refractivity contribution >= 4 is 88.5 Å². The molecule has 14 rings (SSSR count). The van der Waals surface area contributed by atoms with Gasteiger partial charge in [0, 0.05) is 43.7 Å². The predicted molar refractivity (Wildman–Crippen MR) is 243 cm³/mol. The molecule has 8 aromatic carbocycles. The van der Waals surface area contributed by atoms with Crippen LogP contribution in [0.4, 0.5) is 0 Å². The summed E-state index contributed by atoms with van der Waals surface area (Å²) in [6.07, 6.45) is 0. The molecular weight excluding hydrogens is 737 g/mol. The first-order valence-corrected chi connectivity index (χ1v) is 20.3. The summed E-state index contributed by atoms with van der Waals surface area (Å²) in [5.41, 5.74) is 11.7. The third-order valence-electron chi connectivity index (χ3n) is 12.6. The predicted octanol–water partition coefficient (Wildman–Crippen LogP) is 10.5. The minimum absolute atomic E-state index is 0.111. The quantitative estimate of drug-likeness (QED) is 0.168. The van der Waals surface area contributed by atoms with E-state index < -0.39 is 0 Å². The Hall–Kier alpha value is -8.10. The lowest BCUT2D eigenvalue weighted by molar-refractivity contribution is 0.437. The zero-order valence-corrected chi connectivity index (χ0v) is 32.0. The van der Waals surface area contributed by atoms with Gasteiger partial charge in [0.15, 0.2) is 0 Å². The van der Waals surface area contributed by atoms with E-state index in [1.165, 1.54) is 21.5 Å². The minimum Gasteiger partial charge on any atom is -0.440 e. The van der Waals surface area contributed by atoms with Crippen LogP contribution < -0.4 is 25.9 Å². The van der Waals surface area contributed by atoms with Gasteiger partial charge in [-0.05, 0) is 83.7 Å². The third kappa shape index (κ3) is 4.23. The van der Waals surface area contributed by atoms with Gasteiger partial charge in [0.2, 0.25) is 17.7 Å². The summed E-state index contributed by atoms with van der Waals surface area (Å²) in [7, 11) is 0. The number of hydrogen-bond donors (Lipinski definition) is 0. The molecule has 0 aliphatic carbocycles. The van der Waals surface area contributed by atoms with Crippen LogP contribution in [-0.2, 0) is 0 Å². The van der Waals surface area contributed by atoms with Gasteiger partial charge in [-0.15, -0.1) is 0 Å². The van der Waals surface area contributed by atoms with Crippen molar-refractivity contribution < 1.29 is 9.47 Å². The fourth-order valence-corrected chi connectivity index (χ4v) is 10.1. The van der Waals surface area contributed by atoms with Gasteiger partial charge < -0.3 is 18.6 Å². The van der Waals surface area contributed by atoms with Crippen LogP contribution in [-0.4, -0.2) is 30.4 Å². The van der Waals surface area contributed by atoms with Crippen molar-refractivity contribution in [1.29, 1.82) is 0 Å². The van der Waals surface area contributed by atoms with Crippen LogP contribution in [0, 0.1) is 0 Å². The second kappa shape index (κ2) is 11.7. The number of ether oxygens (including phenoxy) is 2. The first-order chi connectivity index (χ1) is 29.8. The Balaban J connectivity index is 1.06. The molecule has 278 valence electrons. The number of rotatable bonds is 3. The van der Waals surface area contributed by atoms with Crippen molar-refractivity contribution in [2.24, 2.45) is 0 Å². The number of para-hydroxylation sites is 6. The highest BCUT2D eigenvalue weighted by molar-refractivity contribution is 6.98. The smallest absolute Gasteiger partial charge is 0.265 e. The molecule has 0 amide bonds. The summed E-state index contributed by atoms with van der Waals surface area (Å²) in [5, 5.41) is 7.06. The van der Waals surface area contributed by atoms with E-state index >= 15 is 0 Å². The number of hydrogen-bond acceptors (Lipinski definition) is 4. The van der Waals surface area contributed by atoms with Crippen LogP contribution in [0.5, 0.6) is 23.3 Å². The van der Waals surface area contributed by atoms with Crippen molar-refractivity contribution in [2.45, 2.75) is 0 Å². The molecule has 60 heavy (non-hydrogen) atoms. The van der Waals surface area contributed by atoms with E-state index in [0.29, 0.717) is 17.7 Å². The van der Waals surface area contributed by atoms with Gasteiger partial charge in [0.05, 0.1) is 38.6 Å². The molecule has 7 nitrogen and oxygen atoms in total. The fourth-order valence-electron chi connectivity index (χ4n) is 10.1. The number of aromatic nitrogens is 5. The zero-order valence-electron chi connectivity index (χ0n) is 32.0. The van der Waals surface area contributed by atoms with Gasteiger partial charge in [0.25, 0.3) is 6.71 Å². The van der Waals surface area contributed by atoms with Crippen LogP contribution >= 0.6 is 0 Å². The van der Waals surface area contributed by atoms with Crippen molar-refractivity contribution in [3.05, 3.63) is 182 Å². The highest BCUT2D eigenvalue weighted by atomic mass is 16.5. The van der Waals surface area contributed by atoms with E-state index in [4.69, 9.17) is 19.4 Å². The zero-order chi connectivity index (χ0) is 39.1. The van der Waals surface area contributed by atoms with E-state index in [1.54, 1.807) is 0 Å². The van der Waals surface area contributed by atoms with Gasteiger partial charge in [0.1, 0.15) is 11.5 Å². The monoisotopic (exact) mass is 767 g/mol. The standard InChI is InChI=1S/C52H30BN5O2/c1-7-19-41-33(13-1)34-14-2-8-20-42(34)56(41)31-25-27-45-37(29-31)38-30-32(57-43-21-9-3-15-35(43)36-16-4-10-22-44(36)57)26-28-46(38)58(45)52-54-50-49-51(55-52)60-48-24-12-6-18-40(48)53(49)39-17-5-11-23-47(39)59-50/h1-30H. The Bertz CT molecular complexity index is 3470. The molecule has 2 aliphatic heterocycles. The summed E-state index contributed by atoms with van der Waals surface area (Å²) in [5.74, 6) is 3.07. The first-order valence-electron chi connectivity index (χ1n) is 20.3. The SMILES string of the molecule is c1ccc2c(c1)Oc1nc(-n3c4ccc(-n5c6ccccc6c6ccccc65)cc4c4cc(-n5c6ccccc6c6ccccc65)ccc43)nc3c1B2c1ccccc1O3. The molecule has 0 atom stereocenters. The van der Waals surface area contributed by atoms with Gasteiger partial charge >= 0.3 is 0 Å². The van der Waals surface area contributed by atoms with Crippen molar-refractivity contribution in [2.75, 3.05) is 0 Å². The van der Waals surface area contributed by atoms with Gasteiger partial charge in [-0.25, -0.2) is 0 Å². The van der Waals surface area contributed by atoms with Gasteiger partial charge in [-0.1, -0.05) is 109 Å². The third-order valence-corrected chi connectivity index (χ3v) is 12.6. The van der Waals surface area contributed by atoms with E-state index in [-0.39, 0.29) is 6.71 Å². The lowest BCUT2D eigenvalue weighted by Crippen LogP contribution is -2.58. The maximum atomic E-state index is 6.65. The molecule has 0 spiro atoms. The summed E-state index contributed by atoms with van der Waals surface area (Å²) in [6.45, 7) is -0.111. The lowest BCUT2D eigenvalue weighted by atomic mass is 9.35. The molecule has 0 unspecified atom stereocenters. The van der Waals surface area contributed by atoms with Crippen LogP contribution in [0.3, 0.4) is 0 Å². The Morgan fingerprint density at radius 1 is 0.350 bits per heavy atom. The second-order valence-corrected chi connectivity index (χ2v) is 15.7. The molecule has 0 saturated heterocycles. The molecule has 0 bridgehead atoms. The largest absolute Gasteiger partial charge is 0.440 e. The average molecular weight is 768 g/mol.